The fourth-order valence-electron chi connectivity index (χ4n) is 9.17. The number of aliphatic hydroxyl groups excluding tert-OH is 5. The van der Waals surface area contributed by atoms with E-state index in [-0.39, 0.29) is 19.4 Å². The van der Waals surface area contributed by atoms with Crippen molar-refractivity contribution in [3.63, 3.8) is 0 Å². The second-order valence-corrected chi connectivity index (χ2v) is 21.2. The molecule has 11 heteroatoms. The molecule has 77 heavy (non-hydrogen) atoms. The highest BCUT2D eigenvalue weighted by Crippen LogP contribution is 2.26. The summed E-state index contributed by atoms with van der Waals surface area (Å²) >= 11 is 0. The summed E-state index contributed by atoms with van der Waals surface area (Å²) in [7, 11) is 0. The molecule has 0 aromatic carbocycles. The summed E-state index contributed by atoms with van der Waals surface area (Å²) in [6.45, 7) is 5.58. The number of carbonyl (C=O) groups excluding carboxylic acids is 2. The zero-order chi connectivity index (χ0) is 56.1. The van der Waals surface area contributed by atoms with Gasteiger partial charge in [0.2, 0.25) is 5.91 Å². The third-order valence-corrected chi connectivity index (χ3v) is 14.1. The van der Waals surface area contributed by atoms with Crippen LogP contribution in [-0.4, -0.2) is 99.6 Å². The van der Waals surface area contributed by atoms with Gasteiger partial charge < -0.3 is 45.1 Å². The van der Waals surface area contributed by atoms with Crippen molar-refractivity contribution in [2.75, 3.05) is 13.2 Å². The minimum Gasteiger partial charge on any atom is -0.454 e. The molecule has 0 saturated carbocycles. The van der Waals surface area contributed by atoms with Crippen molar-refractivity contribution in [1.29, 1.82) is 0 Å². The van der Waals surface area contributed by atoms with Crippen molar-refractivity contribution < 1.29 is 49.3 Å². The van der Waals surface area contributed by atoms with E-state index in [9.17, 15) is 35.1 Å². The van der Waals surface area contributed by atoms with Gasteiger partial charge in [0.1, 0.15) is 24.4 Å². The molecule has 0 aliphatic carbocycles. The van der Waals surface area contributed by atoms with E-state index in [1.54, 1.807) is 6.08 Å². The van der Waals surface area contributed by atoms with Crippen LogP contribution in [0.15, 0.2) is 97.2 Å². The van der Waals surface area contributed by atoms with Crippen molar-refractivity contribution in [3.8, 4) is 0 Å². The molecule has 11 nitrogen and oxygen atoms in total. The molecule has 1 saturated heterocycles. The molecule has 1 fully saturated rings. The minimum atomic E-state index is -1.64. The summed E-state index contributed by atoms with van der Waals surface area (Å²) < 4.78 is 17.5. The Morgan fingerprint density at radius 2 is 0.987 bits per heavy atom. The average molecular weight is 1080 g/mol. The SMILES string of the molecule is CC/C=C/C=C/C=C\C=C/C=C/CCCCCC(=O)OC1C(OCC(NC(=O)C(O)CCCCCCCCCCCCCC/C=C\C/C=C\CCCCC)C(O)/C=C/CCCCCCCCCCC)OC(CO)C(O)C1O. The standard InChI is InChI=1S/C66H113NO10/c1-4-7-10-13-16-19-22-24-26-27-28-29-30-31-32-34-35-38-41-44-47-50-53-59(70)65(74)67-57(58(69)52-49-46-43-40-37-21-18-15-12-9-6-3)56-75-66-64(63(73)62(72)60(55-68)76-66)77-61(71)54-51-48-45-42-39-36-33-25-23-20-17-14-11-8-5-2/h8,11,14,16-17,19-20,23-26,33,36,39,49,52,57-60,62-64,66,68-70,72-73H,4-7,9-10,12-13,15,18,21-22,27-32,34-35,37-38,40-48,50-51,53-56H2,1-3H3,(H,67,74)/b11-8+,17-14+,19-16-,23-20-,26-24-,33-25-,39-36+,52-49+. The summed E-state index contributed by atoms with van der Waals surface area (Å²) in [4.78, 5) is 26.5. The van der Waals surface area contributed by atoms with Crippen LogP contribution in [0.1, 0.15) is 245 Å². The predicted octanol–water partition coefficient (Wildman–Crippen LogP) is 14.7. The predicted molar refractivity (Wildman–Crippen MR) is 319 cm³/mol. The molecular formula is C66H113NO10. The van der Waals surface area contributed by atoms with Gasteiger partial charge in [-0.3, -0.25) is 9.59 Å². The fraction of sp³-hybridized carbons (Fsp3) is 0.727. The maximum absolute atomic E-state index is 13.4. The Balaban J connectivity index is 2.66. The highest BCUT2D eigenvalue weighted by atomic mass is 16.7. The molecule has 0 spiro atoms. The molecular weight excluding hydrogens is 967 g/mol. The van der Waals surface area contributed by atoms with Crippen LogP contribution in [0, 0.1) is 0 Å². The average Bonchev–Trinajstić information content (AvgIpc) is 3.43. The van der Waals surface area contributed by atoms with Gasteiger partial charge in [-0.05, 0) is 77.0 Å². The lowest BCUT2D eigenvalue weighted by Crippen LogP contribution is -2.61. The van der Waals surface area contributed by atoms with Crippen LogP contribution in [0.5, 0.6) is 0 Å². The molecule has 6 N–H and O–H groups in total. The van der Waals surface area contributed by atoms with E-state index >= 15 is 0 Å². The Kier molecular flexibility index (Phi) is 49.5. The summed E-state index contributed by atoms with van der Waals surface area (Å²) in [5.41, 5.74) is 0. The third kappa shape index (κ3) is 41.3. The first kappa shape index (κ1) is 71.6. The monoisotopic (exact) mass is 1080 g/mol. The number of aliphatic hydroxyl groups is 5. The van der Waals surface area contributed by atoms with Crippen molar-refractivity contribution >= 4 is 11.9 Å². The normalized spacial score (nSPS) is 19.7. The van der Waals surface area contributed by atoms with Gasteiger partial charge in [0.05, 0.1) is 25.4 Å². The second-order valence-electron chi connectivity index (χ2n) is 21.2. The highest BCUT2D eigenvalue weighted by molar-refractivity contribution is 5.80. The van der Waals surface area contributed by atoms with Crippen LogP contribution in [0.4, 0.5) is 0 Å². The van der Waals surface area contributed by atoms with E-state index in [4.69, 9.17) is 14.2 Å². The first-order valence-corrected chi connectivity index (χ1v) is 31.1. The molecule has 0 bridgehead atoms. The summed E-state index contributed by atoms with van der Waals surface area (Å²) in [5, 5.41) is 56.9. The van der Waals surface area contributed by atoms with Crippen LogP contribution >= 0.6 is 0 Å². The topological polar surface area (TPSA) is 175 Å². The Morgan fingerprint density at radius 1 is 0.532 bits per heavy atom. The van der Waals surface area contributed by atoms with E-state index < -0.39 is 67.4 Å². The van der Waals surface area contributed by atoms with Crippen LogP contribution in [0.2, 0.25) is 0 Å². The Morgan fingerprint density at radius 3 is 1.53 bits per heavy atom. The first-order chi connectivity index (χ1) is 37.7. The molecule has 8 atom stereocenters. The van der Waals surface area contributed by atoms with E-state index in [1.165, 1.54) is 122 Å². The molecule has 1 aliphatic heterocycles. The summed E-state index contributed by atoms with van der Waals surface area (Å²) in [5.74, 6) is -1.24. The number of ether oxygens (including phenoxy) is 3. The molecule has 8 unspecified atom stereocenters. The van der Waals surface area contributed by atoms with Crippen LogP contribution in [-0.2, 0) is 23.8 Å². The Hall–Kier alpha value is -3.42. The first-order valence-electron chi connectivity index (χ1n) is 31.1. The van der Waals surface area contributed by atoms with Crippen LogP contribution in [0.25, 0.3) is 0 Å². The van der Waals surface area contributed by atoms with Crippen LogP contribution in [0.3, 0.4) is 0 Å². The molecule has 0 radical (unpaired) electrons. The van der Waals surface area contributed by atoms with Gasteiger partial charge in [-0.25, -0.2) is 0 Å². The number of rotatable bonds is 51. The lowest BCUT2D eigenvalue weighted by atomic mass is 9.99. The molecule has 1 heterocycles. The zero-order valence-corrected chi connectivity index (χ0v) is 48.8. The number of allylic oxidation sites excluding steroid dienone is 15. The largest absolute Gasteiger partial charge is 0.454 e. The van der Waals surface area contributed by atoms with E-state index in [2.05, 4.69) is 62.5 Å². The number of hydrogen-bond acceptors (Lipinski definition) is 10. The number of unbranched alkanes of at least 4 members (excludes halogenated alkanes) is 27. The second kappa shape index (κ2) is 53.2. The van der Waals surface area contributed by atoms with E-state index in [0.717, 1.165) is 77.0 Å². The molecule has 1 amide bonds. The maximum atomic E-state index is 13.4. The molecule has 0 aromatic rings. The lowest BCUT2D eigenvalue weighted by molar-refractivity contribution is -0.305. The van der Waals surface area contributed by atoms with Gasteiger partial charge in [-0.15, -0.1) is 0 Å². The maximum Gasteiger partial charge on any atom is 0.306 e. The van der Waals surface area contributed by atoms with Crippen molar-refractivity contribution in [2.24, 2.45) is 0 Å². The lowest BCUT2D eigenvalue weighted by Gasteiger charge is -2.41. The van der Waals surface area contributed by atoms with E-state index in [0.29, 0.717) is 12.8 Å². The molecule has 442 valence electrons. The van der Waals surface area contributed by atoms with Gasteiger partial charge >= 0.3 is 5.97 Å². The number of amides is 1. The quantitative estimate of drug-likeness (QED) is 0.0149. The highest BCUT2D eigenvalue weighted by Gasteiger charge is 2.47. The van der Waals surface area contributed by atoms with Crippen molar-refractivity contribution in [3.05, 3.63) is 97.2 Å². The van der Waals surface area contributed by atoms with Crippen molar-refractivity contribution in [2.45, 2.75) is 294 Å². The number of carbonyl (C=O) groups is 2. The molecule has 1 aliphatic rings. The smallest absolute Gasteiger partial charge is 0.306 e. The fourth-order valence-corrected chi connectivity index (χ4v) is 9.17. The number of esters is 1. The zero-order valence-electron chi connectivity index (χ0n) is 48.8. The van der Waals surface area contributed by atoms with Gasteiger partial charge in [-0.1, -0.05) is 259 Å². The van der Waals surface area contributed by atoms with Gasteiger partial charge in [0, 0.05) is 6.42 Å². The van der Waals surface area contributed by atoms with Gasteiger partial charge in [-0.2, -0.15) is 0 Å². The molecule has 0 aromatic heterocycles. The third-order valence-electron chi connectivity index (χ3n) is 14.1. The number of nitrogens with one attached hydrogen (secondary N) is 1. The summed E-state index contributed by atoms with van der Waals surface area (Å²) in [6.07, 6.45) is 60.2. The van der Waals surface area contributed by atoms with Gasteiger partial charge in [0.25, 0.3) is 0 Å². The van der Waals surface area contributed by atoms with Crippen LogP contribution < -0.4 is 5.32 Å². The van der Waals surface area contributed by atoms with Crippen molar-refractivity contribution in [1.82, 2.24) is 5.32 Å². The van der Waals surface area contributed by atoms with Gasteiger partial charge in [0.15, 0.2) is 12.4 Å². The Labute approximate surface area is 469 Å². The Bertz CT molecular complexity index is 1620. The number of hydrogen-bond donors (Lipinski definition) is 6. The van der Waals surface area contributed by atoms with E-state index in [1.807, 2.05) is 54.7 Å². The molecule has 1 rings (SSSR count). The summed E-state index contributed by atoms with van der Waals surface area (Å²) in [6, 6.07) is -1.04. The minimum absolute atomic E-state index is 0.0703.